The zero-order valence-electron chi connectivity index (χ0n) is 31.1. The maximum absolute atomic E-state index is 7.40. The largest absolute Gasteiger partial charge is 0.464 e. The number of fused-ring (bicyclic) bond motifs is 13. The zero-order valence-corrected chi connectivity index (χ0v) is 31.9. The minimum atomic E-state index is -0.0861. The van der Waals surface area contributed by atoms with Crippen LogP contribution < -0.4 is 25.7 Å². The monoisotopic (exact) mass is 742 g/mol. The van der Waals surface area contributed by atoms with Gasteiger partial charge in [0, 0.05) is 53.8 Å². The number of hydrogen-bond acceptors (Lipinski definition) is 5. The summed E-state index contributed by atoms with van der Waals surface area (Å²) in [5.74, 6) is 2.12. The Bertz CT molecular complexity index is 3020. The molecular weight excluding hydrogens is 703 g/mol. The lowest BCUT2D eigenvalue weighted by Gasteiger charge is -2.44. The molecule has 0 amide bonds. The first-order valence-corrected chi connectivity index (χ1v) is 21.4. The highest BCUT2D eigenvalue weighted by Crippen LogP contribution is 2.54. The van der Waals surface area contributed by atoms with E-state index in [-0.39, 0.29) is 6.71 Å². The molecule has 2 fully saturated rings. The van der Waals surface area contributed by atoms with Gasteiger partial charge in [-0.1, -0.05) is 105 Å². The number of para-hydroxylation sites is 3. The van der Waals surface area contributed by atoms with Gasteiger partial charge in [-0.25, -0.2) is 0 Å². The number of anilines is 6. The third-order valence-corrected chi connectivity index (χ3v) is 15.0. The molecule has 0 spiro atoms. The molecule has 270 valence electrons. The van der Waals surface area contributed by atoms with Crippen LogP contribution in [-0.2, 0) is 0 Å². The molecule has 0 radical (unpaired) electrons. The first-order chi connectivity index (χ1) is 27.8. The molecule has 4 aliphatic rings. The van der Waals surface area contributed by atoms with Gasteiger partial charge in [-0.3, -0.25) is 0 Å². The highest BCUT2D eigenvalue weighted by atomic mass is 32.1. The van der Waals surface area contributed by atoms with Crippen LogP contribution >= 0.6 is 11.3 Å². The maximum atomic E-state index is 7.40. The number of rotatable bonds is 3. The lowest BCUT2D eigenvalue weighted by atomic mass is 9.38. The molecule has 3 atom stereocenters. The molecule has 9 aromatic rings. The van der Waals surface area contributed by atoms with Crippen molar-refractivity contribution >= 4 is 111 Å². The Morgan fingerprint density at radius 2 is 1.20 bits per heavy atom. The molecule has 3 unspecified atom stereocenters. The summed E-state index contributed by atoms with van der Waals surface area (Å²) >= 11 is 1.92. The van der Waals surface area contributed by atoms with Gasteiger partial charge in [-0.05, 0) is 102 Å². The second-order valence-electron chi connectivity index (χ2n) is 16.5. The van der Waals surface area contributed by atoms with Crippen molar-refractivity contribution in [2.45, 2.75) is 50.9 Å². The average Bonchev–Trinajstić information content (AvgIpc) is 3.96. The first kappa shape index (κ1) is 31.5. The van der Waals surface area contributed by atoms with E-state index >= 15 is 0 Å². The molecule has 56 heavy (non-hydrogen) atoms. The molecule has 13 rings (SSSR count). The fraction of sp³-hybridized carbons (Fsp3) is 0.200. The third-order valence-electron chi connectivity index (χ3n) is 13.7. The van der Waals surface area contributed by atoms with Crippen molar-refractivity contribution in [1.29, 1.82) is 0 Å². The van der Waals surface area contributed by atoms with Gasteiger partial charge >= 0.3 is 6.71 Å². The van der Waals surface area contributed by atoms with Gasteiger partial charge in [-0.15, -0.1) is 11.3 Å². The SMILES string of the molecule is c1ccc(N2c3cc(C4CCCC5CCCCC54)cc4c3B(c3oc5c(ccc6c7ccccc7oc65)c3N4c3ccccc3)c3sc4ccccc4c32)cc1. The molecule has 5 heterocycles. The Morgan fingerprint density at radius 1 is 0.554 bits per heavy atom. The van der Waals surface area contributed by atoms with E-state index in [1.165, 1.54) is 93.6 Å². The van der Waals surface area contributed by atoms with Crippen LogP contribution in [0.1, 0.15) is 56.4 Å². The van der Waals surface area contributed by atoms with Crippen LogP contribution in [0, 0.1) is 11.8 Å². The van der Waals surface area contributed by atoms with Crippen molar-refractivity contribution in [3.8, 4) is 0 Å². The third kappa shape index (κ3) is 4.31. The number of hydrogen-bond donors (Lipinski definition) is 0. The summed E-state index contributed by atoms with van der Waals surface area (Å²) in [6.45, 7) is -0.0861. The molecule has 6 heteroatoms. The second-order valence-corrected chi connectivity index (χ2v) is 17.6. The van der Waals surface area contributed by atoms with Crippen LogP contribution in [0.2, 0.25) is 0 Å². The summed E-state index contributed by atoms with van der Waals surface area (Å²) in [6.07, 6.45) is 9.44. The lowest BCUT2D eigenvalue weighted by molar-refractivity contribution is 0.144. The summed E-state index contributed by atoms with van der Waals surface area (Å²) in [7, 11) is 0. The summed E-state index contributed by atoms with van der Waals surface area (Å²) in [6, 6.07) is 49.2. The van der Waals surface area contributed by atoms with Crippen LogP contribution in [0.15, 0.2) is 142 Å². The van der Waals surface area contributed by atoms with E-state index in [1.807, 2.05) is 17.4 Å². The molecule has 6 aromatic carbocycles. The van der Waals surface area contributed by atoms with Gasteiger partial charge in [0.2, 0.25) is 0 Å². The Balaban J connectivity index is 1.17. The lowest BCUT2D eigenvalue weighted by Crippen LogP contribution is -2.60. The highest BCUT2D eigenvalue weighted by molar-refractivity contribution is 7.33. The first-order valence-electron chi connectivity index (χ1n) is 20.6. The molecule has 0 N–H and O–H groups in total. The van der Waals surface area contributed by atoms with Crippen LogP contribution in [0.3, 0.4) is 0 Å². The van der Waals surface area contributed by atoms with Gasteiger partial charge in [0.05, 0.1) is 11.4 Å². The molecule has 0 bridgehead atoms. The Kier molecular flexibility index (Phi) is 6.69. The van der Waals surface area contributed by atoms with Crippen molar-refractivity contribution in [1.82, 2.24) is 0 Å². The van der Waals surface area contributed by atoms with Crippen LogP contribution in [0.4, 0.5) is 34.1 Å². The molecule has 2 aliphatic carbocycles. The van der Waals surface area contributed by atoms with E-state index < -0.39 is 0 Å². The van der Waals surface area contributed by atoms with Crippen molar-refractivity contribution in [2.75, 3.05) is 9.80 Å². The van der Waals surface area contributed by atoms with E-state index in [4.69, 9.17) is 8.83 Å². The summed E-state index contributed by atoms with van der Waals surface area (Å²) in [5, 5.41) is 4.59. The highest BCUT2D eigenvalue weighted by Gasteiger charge is 2.49. The van der Waals surface area contributed by atoms with E-state index in [9.17, 15) is 0 Å². The topological polar surface area (TPSA) is 32.8 Å². The molecule has 0 saturated heterocycles. The summed E-state index contributed by atoms with van der Waals surface area (Å²) < 4.78 is 16.7. The number of benzene rings is 6. The van der Waals surface area contributed by atoms with Crippen LogP contribution in [0.25, 0.3) is 43.0 Å². The quantitative estimate of drug-likeness (QED) is 0.169. The second kappa shape index (κ2) is 11.9. The van der Waals surface area contributed by atoms with Crippen LogP contribution in [0.5, 0.6) is 0 Å². The predicted octanol–water partition coefficient (Wildman–Crippen LogP) is 12.7. The number of thiophene rings is 1. The smallest absolute Gasteiger partial charge is 0.309 e. The van der Waals surface area contributed by atoms with Crippen LogP contribution in [-0.4, -0.2) is 6.71 Å². The number of furan rings is 2. The standard InChI is InChI=1S/C50H39BN2O2S/c1-3-16-32(17-4-1)52-40-28-31(35-23-13-15-30-14-7-8-20-34(30)35)29-41-44(40)51(50-46(38-22-10-12-25-43(38)56-50)53(41)33-18-5-2-6-19-33)49-45(52)39-27-26-37-36-21-9-11-24-42(36)54-47(37)48(39)55-49/h1-6,9-12,16-19,21-22,24-30,34-35H,7-8,13-15,20,23H2. The van der Waals surface area contributed by atoms with Gasteiger partial charge in [0.15, 0.2) is 11.2 Å². The average molecular weight is 743 g/mol. The minimum Gasteiger partial charge on any atom is -0.464 e. The fourth-order valence-electron chi connectivity index (χ4n) is 11.4. The molecular formula is C50H39BN2O2S. The van der Waals surface area contributed by atoms with E-state index in [0.717, 1.165) is 61.8 Å². The van der Waals surface area contributed by atoms with Gasteiger partial charge < -0.3 is 18.6 Å². The predicted molar refractivity (Wildman–Crippen MR) is 235 cm³/mol. The van der Waals surface area contributed by atoms with E-state index in [0.29, 0.717) is 5.92 Å². The molecule has 2 aliphatic heterocycles. The van der Waals surface area contributed by atoms with Crippen molar-refractivity contribution < 1.29 is 8.83 Å². The normalized spacial score (nSPS) is 20.1. The fourth-order valence-corrected chi connectivity index (χ4v) is 12.7. The minimum absolute atomic E-state index is 0.0861. The van der Waals surface area contributed by atoms with E-state index in [1.54, 1.807) is 0 Å². The Labute approximate surface area is 330 Å². The van der Waals surface area contributed by atoms with Gasteiger partial charge in [0.1, 0.15) is 11.2 Å². The van der Waals surface area contributed by atoms with Gasteiger partial charge in [-0.2, -0.15) is 0 Å². The van der Waals surface area contributed by atoms with Crippen molar-refractivity contribution in [3.05, 3.63) is 139 Å². The summed E-state index contributed by atoms with van der Waals surface area (Å²) in [5.41, 5.74) is 13.6. The molecule has 4 nitrogen and oxygen atoms in total. The van der Waals surface area contributed by atoms with Crippen molar-refractivity contribution in [3.63, 3.8) is 0 Å². The molecule has 3 aromatic heterocycles. The molecule has 2 saturated carbocycles. The maximum Gasteiger partial charge on any atom is 0.309 e. The van der Waals surface area contributed by atoms with Crippen molar-refractivity contribution in [2.24, 2.45) is 11.8 Å². The number of nitrogens with zero attached hydrogens (tertiary/aromatic N) is 2. The Hall–Kier alpha value is -5.72. The summed E-state index contributed by atoms with van der Waals surface area (Å²) in [4.78, 5) is 5.14. The van der Waals surface area contributed by atoms with E-state index in [2.05, 4.69) is 137 Å². The van der Waals surface area contributed by atoms with Gasteiger partial charge in [0.25, 0.3) is 0 Å². The zero-order chi connectivity index (χ0) is 36.5. The Morgan fingerprint density at radius 3 is 2.00 bits per heavy atom.